The molecular formula is C15H20Cl2N2O. The molecule has 5 heteroatoms. The lowest BCUT2D eigenvalue weighted by molar-refractivity contribution is -0.122. The summed E-state index contributed by atoms with van der Waals surface area (Å²) in [6.45, 7) is 2.10. The van der Waals surface area contributed by atoms with E-state index in [1.807, 2.05) is 6.07 Å². The van der Waals surface area contributed by atoms with Crippen LogP contribution >= 0.6 is 23.2 Å². The van der Waals surface area contributed by atoms with Gasteiger partial charge in [0.1, 0.15) is 0 Å². The zero-order valence-electron chi connectivity index (χ0n) is 11.7. The number of nitrogens with zero attached hydrogens (tertiary/aromatic N) is 1. The molecule has 0 radical (unpaired) electrons. The number of piperidine rings is 1. The second-order valence-corrected chi connectivity index (χ2v) is 6.22. The summed E-state index contributed by atoms with van der Waals surface area (Å²) in [5.41, 5.74) is 0.967. The number of amides is 1. The quantitative estimate of drug-likeness (QED) is 0.926. The monoisotopic (exact) mass is 314 g/mol. The molecule has 1 aromatic carbocycles. The van der Waals surface area contributed by atoms with Gasteiger partial charge in [-0.3, -0.25) is 4.79 Å². The highest BCUT2D eigenvalue weighted by Crippen LogP contribution is 2.22. The first kappa shape index (κ1) is 15.6. The molecule has 1 aliphatic rings. The van der Waals surface area contributed by atoms with Gasteiger partial charge in [-0.25, -0.2) is 0 Å². The molecule has 2 rings (SSSR count). The number of aryl methyl sites for hydroxylation is 1. The number of rotatable bonds is 4. The molecule has 0 bridgehead atoms. The van der Waals surface area contributed by atoms with Crippen LogP contribution in [0.5, 0.6) is 0 Å². The van der Waals surface area contributed by atoms with Crippen molar-refractivity contribution in [2.45, 2.75) is 31.7 Å². The van der Waals surface area contributed by atoms with Crippen molar-refractivity contribution in [2.24, 2.45) is 0 Å². The molecule has 0 saturated carbocycles. The normalized spacial score (nSPS) is 17.1. The second kappa shape index (κ2) is 7.30. The van der Waals surface area contributed by atoms with Gasteiger partial charge in [0.05, 0.1) is 0 Å². The van der Waals surface area contributed by atoms with Crippen LogP contribution in [0.1, 0.15) is 24.8 Å². The lowest BCUT2D eigenvalue weighted by Gasteiger charge is -2.29. The Labute approximate surface area is 130 Å². The molecule has 0 unspecified atom stereocenters. The topological polar surface area (TPSA) is 32.3 Å². The zero-order chi connectivity index (χ0) is 14.5. The molecule has 1 heterocycles. The fourth-order valence-electron chi connectivity index (χ4n) is 2.43. The third-order valence-electron chi connectivity index (χ3n) is 3.72. The highest BCUT2D eigenvalue weighted by Gasteiger charge is 2.18. The maximum absolute atomic E-state index is 12.0. The van der Waals surface area contributed by atoms with Crippen LogP contribution < -0.4 is 5.32 Å². The van der Waals surface area contributed by atoms with E-state index in [2.05, 4.69) is 17.3 Å². The standard InChI is InChI=1S/C15H20Cl2N2O/c1-19-8-6-13(7-9-19)18-15(20)5-3-11-2-4-12(16)10-14(11)17/h2,4,10,13H,3,5-9H2,1H3,(H,18,20). The van der Waals surface area contributed by atoms with Crippen LogP contribution in [0, 0.1) is 0 Å². The molecule has 1 aliphatic heterocycles. The Hall–Kier alpha value is -0.770. The highest BCUT2D eigenvalue weighted by atomic mass is 35.5. The summed E-state index contributed by atoms with van der Waals surface area (Å²) in [6.07, 6.45) is 3.18. The van der Waals surface area contributed by atoms with Crippen LogP contribution in [0.25, 0.3) is 0 Å². The Balaban J connectivity index is 1.77. The van der Waals surface area contributed by atoms with Crippen LogP contribution in [0.15, 0.2) is 18.2 Å². The van der Waals surface area contributed by atoms with E-state index in [9.17, 15) is 4.79 Å². The van der Waals surface area contributed by atoms with E-state index < -0.39 is 0 Å². The minimum Gasteiger partial charge on any atom is -0.353 e. The van der Waals surface area contributed by atoms with Crippen molar-refractivity contribution >= 4 is 29.1 Å². The SMILES string of the molecule is CN1CCC(NC(=O)CCc2ccc(Cl)cc2Cl)CC1. The predicted molar refractivity (Wildman–Crippen MR) is 83.4 cm³/mol. The van der Waals surface area contributed by atoms with E-state index in [1.165, 1.54) is 0 Å². The van der Waals surface area contributed by atoms with Crippen LogP contribution in [-0.2, 0) is 11.2 Å². The molecule has 110 valence electrons. The summed E-state index contributed by atoms with van der Waals surface area (Å²) in [6, 6.07) is 5.72. The Morgan fingerprint density at radius 2 is 2.05 bits per heavy atom. The molecule has 1 saturated heterocycles. The van der Waals surface area contributed by atoms with Gasteiger partial charge in [0.2, 0.25) is 5.91 Å². The Kier molecular flexibility index (Phi) is 5.70. The summed E-state index contributed by atoms with van der Waals surface area (Å²) in [7, 11) is 2.11. The molecule has 0 spiro atoms. The van der Waals surface area contributed by atoms with Gasteiger partial charge < -0.3 is 10.2 Å². The van der Waals surface area contributed by atoms with Gasteiger partial charge in [-0.05, 0) is 57.1 Å². The van der Waals surface area contributed by atoms with Crippen molar-refractivity contribution in [3.05, 3.63) is 33.8 Å². The van der Waals surface area contributed by atoms with Gasteiger partial charge in [0, 0.05) is 22.5 Å². The largest absolute Gasteiger partial charge is 0.353 e. The number of carbonyl (C=O) groups excluding carboxylic acids is 1. The van der Waals surface area contributed by atoms with E-state index in [-0.39, 0.29) is 5.91 Å². The van der Waals surface area contributed by atoms with Gasteiger partial charge in [-0.2, -0.15) is 0 Å². The number of hydrogen-bond donors (Lipinski definition) is 1. The van der Waals surface area contributed by atoms with E-state index in [0.717, 1.165) is 31.5 Å². The van der Waals surface area contributed by atoms with Gasteiger partial charge >= 0.3 is 0 Å². The molecule has 1 N–H and O–H groups in total. The van der Waals surface area contributed by atoms with Gasteiger partial charge in [0.25, 0.3) is 0 Å². The second-order valence-electron chi connectivity index (χ2n) is 5.38. The Morgan fingerprint density at radius 3 is 2.70 bits per heavy atom. The molecule has 0 atom stereocenters. The lowest BCUT2D eigenvalue weighted by Crippen LogP contribution is -2.43. The highest BCUT2D eigenvalue weighted by molar-refractivity contribution is 6.35. The molecular weight excluding hydrogens is 295 g/mol. The molecule has 1 aromatic rings. The number of halogens is 2. The number of carbonyl (C=O) groups is 1. The van der Waals surface area contributed by atoms with E-state index >= 15 is 0 Å². The number of benzene rings is 1. The summed E-state index contributed by atoms with van der Waals surface area (Å²) in [5, 5.41) is 4.35. The number of hydrogen-bond acceptors (Lipinski definition) is 2. The average Bonchev–Trinajstić information content (AvgIpc) is 2.40. The van der Waals surface area contributed by atoms with Crippen molar-refractivity contribution in [1.82, 2.24) is 10.2 Å². The first-order chi connectivity index (χ1) is 9.54. The minimum absolute atomic E-state index is 0.102. The summed E-state index contributed by atoms with van der Waals surface area (Å²) < 4.78 is 0. The third-order valence-corrected chi connectivity index (χ3v) is 4.31. The summed E-state index contributed by atoms with van der Waals surface area (Å²) in [5.74, 6) is 0.102. The third kappa shape index (κ3) is 4.65. The van der Waals surface area contributed by atoms with Gasteiger partial charge in [-0.15, -0.1) is 0 Å². The number of nitrogens with one attached hydrogen (secondary N) is 1. The van der Waals surface area contributed by atoms with Crippen LogP contribution in [0.2, 0.25) is 10.0 Å². The molecule has 20 heavy (non-hydrogen) atoms. The maximum atomic E-state index is 12.0. The summed E-state index contributed by atoms with van der Waals surface area (Å²) in [4.78, 5) is 14.2. The first-order valence-electron chi connectivity index (χ1n) is 6.96. The molecule has 0 aliphatic carbocycles. The van der Waals surface area contributed by atoms with E-state index in [4.69, 9.17) is 23.2 Å². The molecule has 0 aromatic heterocycles. The lowest BCUT2D eigenvalue weighted by atomic mass is 10.0. The van der Waals surface area contributed by atoms with Crippen molar-refractivity contribution in [2.75, 3.05) is 20.1 Å². The molecule has 3 nitrogen and oxygen atoms in total. The van der Waals surface area contributed by atoms with Crippen LogP contribution in [-0.4, -0.2) is 37.0 Å². The number of likely N-dealkylation sites (tertiary alicyclic amines) is 1. The van der Waals surface area contributed by atoms with Crippen molar-refractivity contribution in [3.8, 4) is 0 Å². The van der Waals surface area contributed by atoms with Crippen molar-refractivity contribution < 1.29 is 4.79 Å². The molecule has 1 amide bonds. The van der Waals surface area contributed by atoms with Gasteiger partial charge in [-0.1, -0.05) is 29.3 Å². The predicted octanol–water partition coefficient (Wildman–Crippen LogP) is 3.14. The van der Waals surface area contributed by atoms with Crippen molar-refractivity contribution in [1.29, 1.82) is 0 Å². The van der Waals surface area contributed by atoms with Crippen molar-refractivity contribution in [3.63, 3.8) is 0 Å². The summed E-state index contributed by atoms with van der Waals surface area (Å²) >= 11 is 12.0. The fraction of sp³-hybridized carbons (Fsp3) is 0.533. The Morgan fingerprint density at radius 1 is 1.35 bits per heavy atom. The average molecular weight is 315 g/mol. The van der Waals surface area contributed by atoms with Crippen LogP contribution in [0.4, 0.5) is 0 Å². The minimum atomic E-state index is 0.102. The molecule has 1 fully saturated rings. The van der Waals surface area contributed by atoms with Crippen LogP contribution in [0.3, 0.4) is 0 Å². The van der Waals surface area contributed by atoms with E-state index in [0.29, 0.717) is 28.9 Å². The smallest absolute Gasteiger partial charge is 0.220 e. The first-order valence-corrected chi connectivity index (χ1v) is 7.72. The zero-order valence-corrected chi connectivity index (χ0v) is 13.2. The van der Waals surface area contributed by atoms with E-state index in [1.54, 1.807) is 12.1 Å². The fourth-order valence-corrected chi connectivity index (χ4v) is 2.93. The maximum Gasteiger partial charge on any atom is 0.220 e. The Bertz CT molecular complexity index is 471. The van der Waals surface area contributed by atoms with Gasteiger partial charge in [0.15, 0.2) is 0 Å².